The number of phenols is 1. The molecule has 0 fully saturated rings. The van der Waals surface area contributed by atoms with Gasteiger partial charge in [-0.3, -0.25) is 4.79 Å². The van der Waals surface area contributed by atoms with E-state index in [1.54, 1.807) is 19.0 Å². The summed E-state index contributed by atoms with van der Waals surface area (Å²) >= 11 is 0. The summed E-state index contributed by atoms with van der Waals surface area (Å²) in [5, 5.41) is 9.25. The molecule has 0 aliphatic carbocycles. The summed E-state index contributed by atoms with van der Waals surface area (Å²) in [7, 11) is 3.38. The molecule has 0 saturated carbocycles. The number of allylic oxidation sites excluding steroid dienone is 1. The molecule has 0 atom stereocenters. The van der Waals surface area contributed by atoms with E-state index in [4.69, 9.17) is 0 Å². The zero-order valence-corrected chi connectivity index (χ0v) is 8.87. The van der Waals surface area contributed by atoms with E-state index in [-0.39, 0.29) is 0 Å². The Labute approximate surface area is 91.6 Å². The van der Waals surface area contributed by atoms with Gasteiger partial charge in [0.2, 0.25) is 0 Å². The first-order chi connectivity index (χ1) is 7.41. The van der Waals surface area contributed by atoms with Gasteiger partial charge in [-0.2, -0.15) is 0 Å². The molecule has 0 aliphatic rings. The second-order valence-electron chi connectivity index (χ2n) is 3.43. The van der Waals surface area contributed by atoms with Crippen molar-refractivity contribution in [2.45, 2.75) is 0 Å². The largest absolute Gasteiger partial charge is 0.504 e. The predicted molar refractivity (Wildman–Crippen MR) is 55.2 cm³/mol. The number of hydrogen-bond donors (Lipinski definition) is 1. The number of ketones is 1. The highest BCUT2D eigenvalue weighted by molar-refractivity contribution is 6.06. The molecule has 86 valence electrons. The molecule has 1 rings (SSSR count). The van der Waals surface area contributed by atoms with Crippen molar-refractivity contribution in [2.24, 2.45) is 0 Å². The van der Waals surface area contributed by atoms with Crippen LogP contribution in [-0.4, -0.2) is 29.9 Å². The van der Waals surface area contributed by atoms with Crippen LogP contribution >= 0.6 is 0 Å². The number of carbonyl (C=O) groups excluding carboxylic acids is 1. The Morgan fingerprint density at radius 3 is 2.56 bits per heavy atom. The molecule has 0 heterocycles. The summed E-state index contributed by atoms with van der Waals surface area (Å²) < 4.78 is 25.8. The minimum atomic E-state index is -1.15. The number of rotatable bonds is 3. The van der Waals surface area contributed by atoms with Gasteiger partial charge in [-0.25, -0.2) is 8.78 Å². The number of benzene rings is 1. The molecule has 3 nitrogen and oxygen atoms in total. The number of aromatic hydroxyl groups is 1. The number of hydrogen-bond acceptors (Lipinski definition) is 3. The lowest BCUT2D eigenvalue weighted by atomic mass is 10.1. The van der Waals surface area contributed by atoms with Crippen LogP contribution in [0.25, 0.3) is 0 Å². The molecule has 0 spiro atoms. The molecule has 5 heteroatoms. The molecule has 0 unspecified atom stereocenters. The molecule has 0 aromatic heterocycles. The average molecular weight is 227 g/mol. The van der Waals surface area contributed by atoms with Crippen LogP contribution < -0.4 is 0 Å². The van der Waals surface area contributed by atoms with Crippen molar-refractivity contribution in [3.8, 4) is 5.75 Å². The number of nitrogens with zero attached hydrogens (tertiary/aromatic N) is 1. The summed E-state index contributed by atoms with van der Waals surface area (Å²) in [5.74, 6) is -3.56. The van der Waals surface area contributed by atoms with Crippen LogP contribution in [-0.2, 0) is 0 Å². The molecule has 1 aromatic carbocycles. The van der Waals surface area contributed by atoms with Gasteiger partial charge in [0.05, 0.1) is 5.56 Å². The SMILES string of the molecule is CN(C)C=CC(=O)c1cc(F)cc(F)c1O. The smallest absolute Gasteiger partial charge is 0.191 e. The lowest BCUT2D eigenvalue weighted by Gasteiger charge is -2.04. The maximum absolute atomic E-state index is 12.9. The maximum Gasteiger partial charge on any atom is 0.191 e. The molecular formula is C11H11F2NO2. The monoisotopic (exact) mass is 227 g/mol. The Morgan fingerprint density at radius 1 is 1.38 bits per heavy atom. The topological polar surface area (TPSA) is 40.5 Å². The van der Waals surface area contributed by atoms with Gasteiger partial charge in [0.15, 0.2) is 17.3 Å². The Kier molecular flexibility index (Phi) is 3.60. The van der Waals surface area contributed by atoms with E-state index >= 15 is 0 Å². The first-order valence-electron chi connectivity index (χ1n) is 4.49. The lowest BCUT2D eigenvalue weighted by Crippen LogP contribution is -2.04. The number of phenolic OH excluding ortho intramolecular Hbond substituents is 1. The Morgan fingerprint density at radius 2 is 2.00 bits per heavy atom. The highest BCUT2D eigenvalue weighted by Crippen LogP contribution is 2.23. The Bertz CT molecular complexity index is 442. The van der Waals surface area contributed by atoms with Crippen LogP contribution in [0.2, 0.25) is 0 Å². The molecule has 0 bridgehead atoms. The second-order valence-corrected chi connectivity index (χ2v) is 3.43. The van der Waals surface area contributed by atoms with Crippen molar-refractivity contribution in [1.29, 1.82) is 0 Å². The van der Waals surface area contributed by atoms with Crippen LogP contribution in [0.15, 0.2) is 24.4 Å². The van der Waals surface area contributed by atoms with Gasteiger partial charge in [-0.05, 0) is 6.07 Å². The first kappa shape index (κ1) is 12.2. The van der Waals surface area contributed by atoms with E-state index in [0.29, 0.717) is 6.07 Å². The fourth-order valence-corrected chi connectivity index (χ4v) is 1.06. The van der Waals surface area contributed by atoms with Crippen molar-refractivity contribution in [3.63, 3.8) is 0 Å². The van der Waals surface area contributed by atoms with Gasteiger partial charge in [0, 0.05) is 32.4 Å². The van der Waals surface area contributed by atoms with E-state index in [1.165, 1.54) is 6.20 Å². The van der Waals surface area contributed by atoms with Crippen molar-refractivity contribution >= 4 is 5.78 Å². The Hall–Kier alpha value is -1.91. The maximum atomic E-state index is 12.9. The summed E-state index contributed by atoms with van der Waals surface area (Å²) in [6, 6.07) is 1.31. The zero-order valence-electron chi connectivity index (χ0n) is 8.87. The second kappa shape index (κ2) is 4.74. The fourth-order valence-electron chi connectivity index (χ4n) is 1.06. The van der Waals surface area contributed by atoms with Crippen LogP contribution in [0.5, 0.6) is 5.75 Å². The van der Waals surface area contributed by atoms with Gasteiger partial charge in [-0.1, -0.05) is 0 Å². The van der Waals surface area contributed by atoms with E-state index in [9.17, 15) is 18.7 Å². The van der Waals surface area contributed by atoms with E-state index in [1.807, 2.05) is 0 Å². The van der Waals surface area contributed by atoms with Gasteiger partial charge in [-0.15, -0.1) is 0 Å². The van der Waals surface area contributed by atoms with E-state index in [2.05, 4.69) is 0 Å². The summed E-state index contributed by atoms with van der Waals surface area (Å²) in [6.07, 6.45) is 2.54. The third kappa shape index (κ3) is 2.79. The fraction of sp³-hybridized carbons (Fsp3) is 0.182. The third-order valence-electron chi connectivity index (χ3n) is 1.82. The molecule has 0 amide bonds. The highest BCUT2D eigenvalue weighted by atomic mass is 19.1. The van der Waals surface area contributed by atoms with Gasteiger partial charge < -0.3 is 10.0 Å². The van der Waals surface area contributed by atoms with Gasteiger partial charge in [0.1, 0.15) is 5.82 Å². The van der Waals surface area contributed by atoms with E-state index < -0.39 is 28.7 Å². The number of carbonyl (C=O) groups is 1. The van der Waals surface area contributed by atoms with Crippen LogP contribution in [0, 0.1) is 11.6 Å². The normalized spacial score (nSPS) is 10.8. The molecule has 0 aliphatic heterocycles. The van der Waals surface area contributed by atoms with Crippen molar-refractivity contribution in [3.05, 3.63) is 41.6 Å². The quantitative estimate of drug-likeness (QED) is 0.633. The molecule has 1 aromatic rings. The number of halogens is 2. The van der Waals surface area contributed by atoms with Crippen molar-refractivity contribution in [1.82, 2.24) is 4.90 Å². The molecule has 0 radical (unpaired) electrons. The van der Waals surface area contributed by atoms with Crippen molar-refractivity contribution < 1.29 is 18.7 Å². The van der Waals surface area contributed by atoms with Crippen LogP contribution in [0.3, 0.4) is 0 Å². The molecule has 0 saturated heterocycles. The minimum absolute atomic E-state index is 0.393. The lowest BCUT2D eigenvalue weighted by molar-refractivity contribution is 0.104. The summed E-state index contributed by atoms with van der Waals surface area (Å²) in [6.45, 7) is 0. The van der Waals surface area contributed by atoms with E-state index in [0.717, 1.165) is 12.1 Å². The predicted octanol–water partition coefficient (Wildman–Crippen LogP) is 1.93. The zero-order chi connectivity index (χ0) is 12.3. The van der Waals surface area contributed by atoms with Crippen molar-refractivity contribution in [2.75, 3.05) is 14.1 Å². The molecular weight excluding hydrogens is 216 g/mol. The van der Waals surface area contributed by atoms with Gasteiger partial charge >= 0.3 is 0 Å². The summed E-state index contributed by atoms with van der Waals surface area (Å²) in [4.78, 5) is 13.1. The van der Waals surface area contributed by atoms with Crippen LogP contribution in [0.4, 0.5) is 8.78 Å². The minimum Gasteiger partial charge on any atom is -0.504 e. The average Bonchev–Trinajstić information content (AvgIpc) is 2.19. The van der Waals surface area contributed by atoms with Gasteiger partial charge in [0.25, 0.3) is 0 Å². The molecule has 1 N–H and O–H groups in total. The Balaban J connectivity index is 3.09. The van der Waals surface area contributed by atoms with Crippen LogP contribution in [0.1, 0.15) is 10.4 Å². The third-order valence-corrected chi connectivity index (χ3v) is 1.82. The first-order valence-corrected chi connectivity index (χ1v) is 4.49. The molecule has 16 heavy (non-hydrogen) atoms. The standard InChI is InChI=1S/C11H11F2NO2/c1-14(2)4-3-10(15)8-5-7(12)6-9(13)11(8)16/h3-6,16H,1-2H3. The summed E-state index contributed by atoms with van der Waals surface area (Å²) in [5.41, 5.74) is -0.393. The highest BCUT2D eigenvalue weighted by Gasteiger charge is 2.14.